The van der Waals surface area contributed by atoms with Crippen LogP contribution < -0.4 is 20.9 Å². The van der Waals surface area contributed by atoms with Crippen LogP contribution in [0.4, 0.5) is 4.39 Å². The van der Waals surface area contributed by atoms with Gasteiger partial charge >= 0.3 is 0 Å². The van der Waals surface area contributed by atoms with Gasteiger partial charge in [-0.1, -0.05) is 6.07 Å². The summed E-state index contributed by atoms with van der Waals surface area (Å²) in [4.78, 5) is 43.9. The third kappa shape index (κ3) is 6.27. The molecular formula is C25H29FN4O5S. The van der Waals surface area contributed by atoms with Crippen molar-refractivity contribution in [1.29, 1.82) is 0 Å². The predicted octanol–water partition coefficient (Wildman–Crippen LogP) is 3.27. The summed E-state index contributed by atoms with van der Waals surface area (Å²) in [5.41, 5.74) is 0.981. The molecule has 1 fully saturated rings. The lowest BCUT2D eigenvalue weighted by atomic mass is 9.86. The van der Waals surface area contributed by atoms with Gasteiger partial charge in [-0.3, -0.25) is 14.4 Å². The summed E-state index contributed by atoms with van der Waals surface area (Å²) in [6.07, 6.45) is 3.86. The number of benzene rings is 1. The molecule has 2 aromatic heterocycles. The van der Waals surface area contributed by atoms with Gasteiger partial charge in [-0.05, 0) is 54.7 Å². The van der Waals surface area contributed by atoms with E-state index in [-0.39, 0.29) is 36.7 Å². The minimum absolute atomic E-state index is 0.00653. The lowest BCUT2D eigenvalue weighted by Gasteiger charge is -2.28. The van der Waals surface area contributed by atoms with Crippen LogP contribution in [0, 0.1) is 11.7 Å². The van der Waals surface area contributed by atoms with Crippen LogP contribution in [0.3, 0.4) is 0 Å². The predicted molar refractivity (Wildman–Crippen MR) is 134 cm³/mol. The average molecular weight is 517 g/mol. The Morgan fingerprint density at radius 1 is 1.25 bits per heavy atom. The molecule has 1 aliphatic rings. The number of methoxy groups -OCH3 is 1. The highest BCUT2D eigenvalue weighted by Crippen LogP contribution is 2.26. The number of halogens is 1. The first-order valence-electron chi connectivity index (χ1n) is 11.8. The molecule has 0 atom stereocenters. The number of nitrogens with zero attached hydrogens (tertiary/aromatic N) is 1. The van der Waals surface area contributed by atoms with Gasteiger partial charge in [0.25, 0.3) is 11.5 Å². The molecule has 0 unspecified atom stereocenters. The summed E-state index contributed by atoms with van der Waals surface area (Å²) in [6, 6.07) is 4.54. The second-order valence-corrected chi connectivity index (χ2v) is 9.80. The SMILES string of the molecule is COc1cc(CNC(=O)c2nc3scc(COCC4CCC(NC(C)=O)CC4)c3c(=O)[nH]2)ccc1F. The number of amides is 2. The highest BCUT2D eigenvalue weighted by Gasteiger charge is 2.22. The lowest BCUT2D eigenvalue weighted by Crippen LogP contribution is -2.36. The van der Waals surface area contributed by atoms with Gasteiger partial charge in [0.1, 0.15) is 4.83 Å². The van der Waals surface area contributed by atoms with Crippen LogP contribution in [0.5, 0.6) is 5.75 Å². The minimum atomic E-state index is -0.543. The number of hydrogen-bond acceptors (Lipinski definition) is 7. The molecule has 1 saturated carbocycles. The zero-order chi connectivity index (χ0) is 25.7. The number of carbonyl (C=O) groups is 2. The Bertz CT molecular complexity index is 1300. The Hall–Kier alpha value is -3.31. The molecule has 1 aromatic carbocycles. The maximum atomic E-state index is 13.6. The first-order valence-corrected chi connectivity index (χ1v) is 12.7. The van der Waals surface area contributed by atoms with Crippen molar-refractivity contribution >= 4 is 33.4 Å². The number of ether oxygens (including phenoxy) is 2. The Morgan fingerprint density at radius 2 is 2.03 bits per heavy atom. The van der Waals surface area contributed by atoms with Crippen LogP contribution in [0.2, 0.25) is 0 Å². The molecule has 0 spiro atoms. The summed E-state index contributed by atoms with van der Waals surface area (Å²) < 4.78 is 24.4. The summed E-state index contributed by atoms with van der Waals surface area (Å²) >= 11 is 1.28. The van der Waals surface area contributed by atoms with E-state index >= 15 is 0 Å². The summed E-state index contributed by atoms with van der Waals surface area (Å²) in [5, 5.41) is 7.90. The smallest absolute Gasteiger partial charge is 0.287 e. The fourth-order valence-electron chi connectivity index (χ4n) is 4.40. The van der Waals surface area contributed by atoms with E-state index in [2.05, 4.69) is 20.6 Å². The number of nitrogens with one attached hydrogen (secondary N) is 3. The van der Waals surface area contributed by atoms with Crippen molar-refractivity contribution < 1.29 is 23.5 Å². The number of H-pyrrole nitrogens is 1. The summed E-state index contributed by atoms with van der Waals surface area (Å²) in [6.45, 7) is 2.53. The fourth-order valence-corrected chi connectivity index (χ4v) is 5.32. The van der Waals surface area contributed by atoms with E-state index < -0.39 is 17.3 Å². The lowest BCUT2D eigenvalue weighted by molar-refractivity contribution is -0.119. The molecule has 3 aromatic rings. The number of aromatic nitrogens is 2. The maximum Gasteiger partial charge on any atom is 0.287 e. The third-order valence-corrected chi connectivity index (χ3v) is 7.19. The van der Waals surface area contributed by atoms with Gasteiger partial charge in [0.2, 0.25) is 11.7 Å². The number of hydrogen-bond donors (Lipinski definition) is 3. The van der Waals surface area contributed by atoms with Gasteiger partial charge < -0.3 is 25.1 Å². The standard InChI is InChI=1S/C25H29FN4O5S/c1-14(31)28-18-6-3-15(4-7-18)11-35-12-17-13-36-25-21(17)23(32)29-22(30-25)24(33)27-10-16-5-8-19(26)20(9-16)34-2/h5,8-9,13,15,18H,3-4,6-7,10-12H2,1-2H3,(H,27,33)(H,28,31)(H,29,30,32). The minimum Gasteiger partial charge on any atom is -0.494 e. The van der Waals surface area contributed by atoms with Crippen molar-refractivity contribution in [2.24, 2.45) is 5.92 Å². The van der Waals surface area contributed by atoms with E-state index in [0.717, 1.165) is 31.2 Å². The van der Waals surface area contributed by atoms with Crippen LogP contribution in [-0.2, 0) is 22.7 Å². The molecule has 4 rings (SSSR count). The Morgan fingerprint density at radius 3 is 2.75 bits per heavy atom. The van der Waals surface area contributed by atoms with Crippen molar-refractivity contribution in [2.45, 2.75) is 51.8 Å². The van der Waals surface area contributed by atoms with Gasteiger partial charge in [0.05, 0.1) is 19.1 Å². The Kier molecular flexibility index (Phi) is 8.32. The van der Waals surface area contributed by atoms with Gasteiger partial charge in [-0.15, -0.1) is 11.3 Å². The molecule has 2 amide bonds. The molecule has 0 aliphatic heterocycles. The molecule has 2 heterocycles. The molecule has 1 aliphatic carbocycles. The van der Waals surface area contributed by atoms with Crippen LogP contribution >= 0.6 is 11.3 Å². The van der Waals surface area contributed by atoms with Crippen molar-refractivity contribution in [3.63, 3.8) is 0 Å². The third-order valence-electron chi connectivity index (χ3n) is 6.27. The number of rotatable bonds is 9. The van der Waals surface area contributed by atoms with E-state index in [0.29, 0.717) is 28.3 Å². The molecular weight excluding hydrogens is 487 g/mol. The first kappa shape index (κ1) is 25.8. The molecule has 3 N–H and O–H groups in total. The van der Waals surface area contributed by atoms with Crippen LogP contribution in [0.1, 0.15) is 54.4 Å². The molecule has 11 heteroatoms. The van der Waals surface area contributed by atoms with Crippen molar-refractivity contribution in [1.82, 2.24) is 20.6 Å². The first-order chi connectivity index (χ1) is 17.3. The number of thiophene rings is 1. The van der Waals surface area contributed by atoms with E-state index in [9.17, 15) is 18.8 Å². The summed E-state index contributed by atoms with van der Waals surface area (Å²) in [7, 11) is 1.37. The van der Waals surface area contributed by atoms with Crippen molar-refractivity contribution in [2.75, 3.05) is 13.7 Å². The largest absolute Gasteiger partial charge is 0.494 e. The maximum absolute atomic E-state index is 13.6. The van der Waals surface area contributed by atoms with Crippen LogP contribution in [-0.4, -0.2) is 41.5 Å². The van der Waals surface area contributed by atoms with Crippen molar-refractivity contribution in [3.8, 4) is 5.75 Å². The van der Waals surface area contributed by atoms with Gasteiger partial charge in [0.15, 0.2) is 11.6 Å². The van der Waals surface area contributed by atoms with E-state index in [1.165, 1.54) is 43.6 Å². The number of carbonyl (C=O) groups excluding carboxylic acids is 2. The van der Waals surface area contributed by atoms with Gasteiger partial charge in [0, 0.05) is 31.7 Å². The fraction of sp³-hybridized carbons (Fsp3) is 0.440. The normalized spacial score (nSPS) is 17.6. The Labute approximate surface area is 211 Å². The molecule has 192 valence electrons. The van der Waals surface area contributed by atoms with Crippen LogP contribution in [0.25, 0.3) is 10.2 Å². The highest BCUT2D eigenvalue weighted by molar-refractivity contribution is 7.16. The molecule has 0 bridgehead atoms. The second kappa shape index (κ2) is 11.6. The Balaban J connectivity index is 1.33. The van der Waals surface area contributed by atoms with E-state index in [1.807, 2.05) is 5.38 Å². The molecule has 0 radical (unpaired) electrons. The van der Waals surface area contributed by atoms with E-state index in [1.54, 1.807) is 0 Å². The summed E-state index contributed by atoms with van der Waals surface area (Å²) in [5.74, 6) is -0.610. The highest BCUT2D eigenvalue weighted by atomic mass is 32.1. The zero-order valence-corrected chi connectivity index (χ0v) is 21.0. The zero-order valence-electron chi connectivity index (χ0n) is 20.2. The van der Waals surface area contributed by atoms with E-state index in [4.69, 9.17) is 9.47 Å². The number of aromatic amines is 1. The monoisotopic (exact) mass is 516 g/mol. The average Bonchev–Trinajstić information content (AvgIpc) is 3.27. The van der Waals surface area contributed by atoms with Gasteiger partial charge in [-0.25, -0.2) is 9.37 Å². The second-order valence-electron chi connectivity index (χ2n) is 8.94. The van der Waals surface area contributed by atoms with Crippen molar-refractivity contribution in [3.05, 3.63) is 56.7 Å². The number of fused-ring (bicyclic) bond motifs is 1. The topological polar surface area (TPSA) is 122 Å². The molecule has 0 saturated heterocycles. The quantitative estimate of drug-likeness (QED) is 0.401. The van der Waals surface area contributed by atoms with Crippen LogP contribution in [0.15, 0.2) is 28.4 Å². The molecule has 9 nitrogen and oxygen atoms in total. The van der Waals surface area contributed by atoms with Gasteiger partial charge in [-0.2, -0.15) is 0 Å². The molecule has 36 heavy (non-hydrogen) atoms.